The first-order valence-electron chi connectivity index (χ1n) is 8.22. The van der Waals surface area contributed by atoms with Crippen molar-refractivity contribution in [1.29, 1.82) is 0 Å². The van der Waals surface area contributed by atoms with Crippen LogP contribution in [-0.2, 0) is 10.0 Å². The Morgan fingerprint density at radius 3 is 2.43 bits per heavy atom. The Morgan fingerprint density at radius 2 is 1.70 bits per heavy atom. The van der Waals surface area contributed by atoms with Crippen molar-refractivity contribution in [3.8, 4) is 0 Å². The van der Waals surface area contributed by atoms with Crippen molar-refractivity contribution in [3.63, 3.8) is 0 Å². The van der Waals surface area contributed by atoms with Gasteiger partial charge in [-0.05, 0) is 38.1 Å². The molecule has 2 aromatic rings. The fourth-order valence-electron chi connectivity index (χ4n) is 3.51. The molecule has 0 amide bonds. The number of benzene rings is 2. The molecule has 0 aliphatic carbocycles. The maximum absolute atomic E-state index is 12.7. The highest BCUT2D eigenvalue weighted by molar-refractivity contribution is 7.89. The third-order valence-corrected chi connectivity index (χ3v) is 6.35. The molecule has 23 heavy (non-hydrogen) atoms. The first-order chi connectivity index (χ1) is 11.0. The molecule has 124 valence electrons. The van der Waals surface area contributed by atoms with Crippen LogP contribution < -0.4 is 4.72 Å². The van der Waals surface area contributed by atoms with Crippen LogP contribution in [0.4, 0.5) is 0 Å². The zero-order chi connectivity index (χ0) is 16.4. The molecular formula is C18H24N2O2S. The first-order valence-corrected chi connectivity index (χ1v) is 9.70. The first kappa shape index (κ1) is 16.4. The minimum absolute atomic E-state index is 0.359. The predicted octanol–water partition coefficient (Wildman–Crippen LogP) is 2.99. The Balaban J connectivity index is 1.74. The molecule has 1 saturated heterocycles. The number of nitrogens with zero attached hydrogens (tertiary/aromatic N) is 1. The van der Waals surface area contributed by atoms with Gasteiger partial charge in [0.15, 0.2) is 0 Å². The third-order valence-electron chi connectivity index (χ3n) is 4.84. The molecule has 5 heteroatoms. The zero-order valence-electron chi connectivity index (χ0n) is 13.7. The summed E-state index contributed by atoms with van der Waals surface area (Å²) in [5.41, 5.74) is 0. The molecule has 1 heterocycles. The summed E-state index contributed by atoms with van der Waals surface area (Å²) in [7, 11) is -3.49. The van der Waals surface area contributed by atoms with Crippen molar-refractivity contribution in [1.82, 2.24) is 9.62 Å². The van der Waals surface area contributed by atoms with Crippen LogP contribution in [0.2, 0.25) is 0 Å². The molecule has 2 aromatic carbocycles. The van der Waals surface area contributed by atoms with Crippen LogP contribution in [0.1, 0.15) is 26.7 Å². The van der Waals surface area contributed by atoms with Gasteiger partial charge in [-0.25, -0.2) is 13.1 Å². The molecule has 0 saturated carbocycles. The molecule has 3 rings (SSSR count). The molecule has 1 aliphatic heterocycles. The van der Waals surface area contributed by atoms with Crippen LogP contribution in [0.5, 0.6) is 0 Å². The van der Waals surface area contributed by atoms with Gasteiger partial charge in [0.2, 0.25) is 10.0 Å². The number of likely N-dealkylation sites (tertiary alicyclic amines) is 1. The number of fused-ring (bicyclic) bond motifs is 1. The van der Waals surface area contributed by atoms with E-state index in [-0.39, 0.29) is 0 Å². The monoisotopic (exact) mass is 332 g/mol. The predicted molar refractivity (Wildman–Crippen MR) is 94.0 cm³/mol. The van der Waals surface area contributed by atoms with Crippen LogP contribution >= 0.6 is 0 Å². The maximum Gasteiger partial charge on any atom is 0.241 e. The average molecular weight is 332 g/mol. The van der Waals surface area contributed by atoms with Crippen molar-refractivity contribution >= 4 is 20.8 Å². The second kappa shape index (κ2) is 6.59. The molecule has 0 aromatic heterocycles. The van der Waals surface area contributed by atoms with Gasteiger partial charge >= 0.3 is 0 Å². The summed E-state index contributed by atoms with van der Waals surface area (Å²) in [5, 5.41) is 1.71. The lowest BCUT2D eigenvalue weighted by molar-refractivity contribution is 0.218. The number of sulfonamides is 1. The lowest BCUT2D eigenvalue weighted by Gasteiger charge is -2.25. The second-order valence-electron chi connectivity index (χ2n) is 6.39. The SMILES string of the molecule is CC1CCC(C)N1CCNS(=O)(=O)c1cccc2ccccc12. The van der Waals surface area contributed by atoms with E-state index in [1.54, 1.807) is 12.1 Å². The largest absolute Gasteiger partial charge is 0.297 e. The summed E-state index contributed by atoms with van der Waals surface area (Å²) in [6.45, 7) is 5.62. The Bertz CT molecular complexity index is 773. The lowest BCUT2D eigenvalue weighted by Crippen LogP contribution is -2.39. The van der Waals surface area contributed by atoms with Gasteiger partial charge in [-0.15, -0.1) is 0 Å². The van der Waals surface area contributed by atoms with Crippen LogP contribution in [0, 0.1) is 0 Å². The van der Waals surface area contributed by atoms with Crippen LogP contribution in [0.15, 0.2) is 47.4 Å². The zero-order valence-corrected chi connectivity index (χ0v) is 14.5. The molecule has 0 spiro atoms. The van der Waals surface area contributed by atoms with Crippen molar-refractivity contribution in [2.75, 3.05) is 13.1 Å². The lowest BCUT2D eigenvalue weighted by atomic mass is 10.1. The molecule has 2 unspecified atom stereocenters. The average Bonchev–Trinajstić information content (AvgIpc) is 2.86. The van der Waals surface area contributed by atoms with Crippen molar-refractivity contribution in [2.24, 2.45) is 0 Å². The van der Waals surface area contributed by atoms with Crippen LogP contribution in [0.25, 0.3) is 10.8 Å². The van der Waals surface area contributed by atoms with E-state index in [0.717, 1.165) is 17.3 Å². The maximum atomic E-state index is 12.7. The number of rotatable bonds is 5. The van der Waals surface area contributed by atoms with Gasteiger partial charge in [0, 0.05) is 30.6 Å². The molecule has 1 N–H and O–H groups in total. The summed E-state index contributed by atoms with van der Waals surface area (Å²) >= 11 is 0. The summed E-state index contributed by atoms with van der Waals surface area (Å²) < 4.78 is 28.1. The summed E-state index contributed by atoms with van der Waals surface area (Å²) in [4.78, 5) is 2.74. The van der Waals surface area contributed by atoms with E-state index in [1.807, 2.05) is 30.3 Å². The van der Waals surface area contributed by atoms with Gasteiger partial charge in [0.1, 0.15) is 0 Å². The fourth-order valence-corrected chi connectivity index (χ4v) is 4.75. The normalized spacial score (nSPS) is 22.7. The van der Waals surface area contributed by atoms with E-state index in [0.29, 0.717) is 23.5 Å². The Hall–Kier alpha value is -1.43. The van der Waals surface area contributed by atoms with Crippen molar-refractivity contribution < 1.29 is 8.42 Å². The molecule has 4 nitrogen and oxygen atoms in total. The van der Waals surface area contributed by atoms with E-state index in [9.17, 15) is 8.42 Å². The van der Waals surface area contributed by atoms with Gasteiger partial charge in [-0.2, -0.15) is 0 Å². The standard InChI is InChI=1S/C18H24N2O2S/c1-14-10-11-15(2)20(14)13-12-19-23(21,22)18-9-5-7-16-6-3-4-8-17(16)18/h3-9,14-15,19H,10-13H2,1-2H3. The summed E-state index contributed by atoms with van der Waals surface area (Å²) in [5.74, 6) is 0. The van der Waals surface area contributed by atoms with Crippen LogP contribution in [0.3, 0.4) is 0 Å². The second-order valence-corrected chi connectivity index (χ2v) is 8.12. The molecule has 2 atom stereocenters. The topological polar surface area (TPSA) is 49.4 Å². The van der Waals surface area contributed by atoms with Crippen molar-refractivity contribution in [3.05, 3.63) is 42.5 Å². The van der Waals surface area contributed by atoms with E-state index in [1.165, 1.54) is 12.8 Å². The highest BCUT2D eigenvalue weighted by Gasteiger charge is 2.27. The molecule has 0 radical (unpaired) electrons. The van der Waals surface area contributed by atoms with E-state index < -0.39 is 10.0 Å². The van der Waals surface area contributed by atoms with Crippen LogP contribution in [-0.4, -0.2) is 38.5 Å². The van der Waals surface area contributed by atoms with E-state index in [4.69, 9.17) is 0 Å². The quantitative estimate of drug-likeness (QED) is 0.916. The van der Waals surface area contributed by atoms with E-state index in [2.05, 4.69) is 23.5 Å². The number of hydrogen-bond donors (Lipinski definition) is 1. The fraction of sp³-hybridized carbons (Fsp3) is 0.444. The Morgan fingerprint density at radius 1 is 1.04 bits per heavy atom. The molecule has 1 fully saturated rings. The molecule has 1 aliphatic rings. The van der Waals surface area contributed by atoms with Gasteiger partial charge in [0.25, 0.3) is 0 Å². The minimum atomic E-state index is -3.49. The van der Waals surface area contributed by atoms with Gasteiger partial charge < -0.3 is 0 Å². The highest BCUT2D eigenvalue weighted by atomic mass is 32.2. The Kier molecular flexibility index (Phi) is 4.71. The minimum Gasteiger partial charge on any atom is -0.297 e. The smallest absolute Gasteiger partial charge is 0.241 e. The molecular weight excluding hydrogens is 308 g/mol. The van der Waals surface area contributed by atoms with Gasteiger partial charge in [0.05, 0.1) is 4.90 Å². The van der Waals surface area contributed by atoms with E-state index >= 15 is 0 Å². The number of hydrogen-bond acceptors (Lipinski definition) is 3. The number of nitrogens with one attached hydrogen (secondary N) is 1. The van der Waals surface area contributed by atoms with Gasteiger partial charge in [-0.3, -0.25) is 4.90 Å². The summed E-state index contributed by atoms with van der Waals surface area (Å²) in [6.07, 6.45) is 2.38. The third kappa shape index (κ3) is 3.42. The Labute approximate surface area is 138 Å². The van der Waals surface area contributed by atoms with Crippen molar-refractivity contribution in [2.45, 2.75) is 43.7 Å². The van der Waals surface area contributed by atoms with Gasteiger partial charge in [-0.1, -0.05) is 36.4 Å². The molecule has 0 bridgehead atoms. The highest BCUT2D eigenvalue weighted by Crippen LogP contribution is 2.24. The summed E-state index contributed by atoms with van der Waals surface area (Å²) in [6, 6.07) is 14.0.